The lowest BCUT2D eigenvalue weighted by Gasteiger charge is -2.23. The molecule has 0 aliphatic rings. The van der Waals surface area contributed by atoms with Crippen molar-refractivity contribution in [1.29, 1.82) is 0 Å². The van der Waals surface area contributed by atoms with Crippen molar-refractivity contribution < 1.29 is 22.7 Å². The molecule has 0 bridgehead atoms. The minimum absolute atomic E-state index is 0.0721. The van der Waals surface area contributed by atoms with Gasteiger partial charge in [-0.2, -0.15) is 5.10 Å². The average Bonchev–Trinajstić information content (AvgIpc) is 2.94. The van der Waals surface area contributed by atoms with Crippen LogP contribution in [0, 0.1) is 3.57 Å². The topological polar surface area (TPSA) is 105 Å². The number of carbonyl (C=O) groups excluding carboxylic acids is 2. The summed E-state index contributed by atoms with van der Waals surface area (Å²) in [5, 5.41) is 3.94. The van der Waals surface area contributed by atoms with Gasteiger partial charge < -0.3 is 4.74 Å². The first kappa shape index (κ1) is 27.0. The van der Waals surface area contributed by atoms with Gasteiger partial charge in [-0.15, -0.1) is 0 Å². The predicted octanol–water partition coefficient (Wildman–Crippen LogP) is 4.86. The summed E-state index contributed by atoms with van der Waals surface area (Å²) >= 11 is 2.12. The second-order valence-electron chi connectivity index (χ2n) is 7.92. The van der Waals surface area contributed by atoms with Crippen LogP contribution in [0.25, 0.3) is 0 Å². The number of amides is 1. The van der Waals surface area contributed by atoms with Gasteiger partial charge in [0.05, 0.1) is 22.4 Å². The SMILES string of the molecule is O=C(CN(c1ccc(I)cc1)S(=O)(=O)c1ccccc1)N/N=C\c1ccc(OC(=O)c2ccccc2)cc1. The van der Waals surface area contributed by atoms with Crippen LogP contribution in [-0.2, 0) is 14.8 Å². The molecule has 0 aliphatic heterocycles. The first-order valence-electron chi connectivity index (χ1n) is 11.4. The Kier molecular flexibility index (Phi) is 8.87. The monoisotopic (exact) mass is 639 g/mol. The van der Waals surface area contributed by atoms with Gasteiger partial charge in [0.15, 0.2) is 0 Å². The molecule has 0 atom stereocenters. The lowest BCUT2D eigenvalue weighted by Crippen LogP contribution is -2.39. The van der Waals surface area contributed by atoms with Crippen molar-refractivity contribution in [2.45, 2.75) is 4.90 Å². The predicted molar refractivity (Wildman–Crippen MR) is 154 cm³/mol. The summed E-state index contributed by atoms with van der Waals surface area (Å²) in [5.74, 6) is -0.727. The lowest BCUT2D eigenvalue weighted by molar-refractivity contribution is -0.119. The third kappa shape index (κ3) is 7.05. The van der Waals surface area contributed by atoms with Gasteiger partial charge in [-0.05, 0) is 101 Å². The average molecular weight is 639 g/mol. The Morgan fingerprint density at radius 3 is 2.08 bits per heavy atom. The van der Waals surface area contributed by atoms with Crippen LogP contribution in [0.15, 0.2) is 119 Å². The third-order valence-corrected chi connectivity index (χ3v) is 7.74. The van der Waals surface area contributed by atoms with Gasteiger partial charge in [0.1, 0.15) is 12.3 Å². The summed E-state index contributed by atoms with van der Waals surface area (Å²) in [6, 6.07) is 29.9. The summed E-state index contributed by atoms with van der Waals surface area (Å²) in [4.78, 5) is 24.9. The number of halogens is 1. The molecule has 1 amide bonds. The van der Waals surface area contributed by atoms with E-state index < -0.39 is 28.4 Å². The largest absolute Gasteiger partial charge is 0.423 e. The second-order valence-corrected chi connectivity index (χ2v) is 11.0. The molecule has 4 aromatic carbocycles. The number of carbonyl (C=O) groups is 2. The molecule has 192 valence electrons. The zero-order valence-electron chi connectivity index (χ0n) is 19.9. The van der Waals surface area contributed by atoms with Crippen molar-refractivity contribution in [2.24, 2.45) is 5.10 Å². The summed E-state index contributed by atoms with van der Waals surface area (Å²) in [6.45, 7) is -0.469. The van der Waals surface area contributed by atoms with E-state index in [1.807, 2.05) is 6.07 Å². The normalized spacial score (nSPS) is 11.2. The van der Waals surface area contributed by atoms with E-state index >= 15 is 0 Å². The van der Waals surface area contributed by atoms with Crippen LogP contribution >= 0.6 is 22.6 Å². The Bertz CT molecular complexity index is 1530. The molecule has 0 aliphatic carbocycles. The van der Waals surface area contributed by atoms with Crippen LogP contribution in [0.5, 0.6) is 5.75 Å². The van der Waals surface area contributed by atoms with Crippen molar-refractivity contribution in [3.8, 4) is 5.75 Å². The molecule has 0 spiro atoms. The Hall–Kier alpha value is -4.03. The molecular weight excluding hydrogens is 617 g/mol. The smallest absolute Gasteiger partial charge is 0.343 e. The zero-order valence-corrected chi connectivity index (χ0v) is 22.9. The number of sulfonamides is 1. The quantitative estimate of drug-likeness (QED) is 0.0927. The van der Waals surface area contributed by atoms with E-state index in [0.717, 1.165) is 7.88 Å². The molecule has 38 heavy (non-hydrogen) atoms. The number of hydrogen-bond acceptors (Lipinski definition) is 6. The number of nitrogens with zero attached hydrogens (tertiary/aromatic N) is 2. The van der Waals surface area contributed by atoms with Gasteiger partial charge >= 0.3 is 5.97 Å². The van der Waals surface area contributed by atoms with Crippen molar-refractivity contribution >= 4 is 56.4 Å². The first-order valence-corrected chi connectivity index (χ1v) is 13.9. The molecule has 8 nitrogen and oxygen atoms in total. The summed E-state index contributed by atoms with van der Waals surface area (Å²) in [6.07, 6.45) is 1.40. The van der Waals surface area contributed by atoms with Crippen LogP contribution in [0.3, 0.4) is 0 Å². The summed E-state index contributed by atoms with van der Waals surface area (Å²) in [5.41, 5.74) is 3.80. The molecular formula is C28H22IN3O5S. The maximum Gasteiger partial charge on any atom is 0.343 e. The van der Waals surface area contributed by atoms with Gasteiger partial charge in [0.25, 0.3) is 15.9 Å². The number of rotatable bonds is 9. The highest BCUT2D eigenvalue weighted by molar-refractivity contribution is 14.1. The molecule has 1 N–H and O–H groups in total. The van der Waals surface area contributed by atoms with Crippen LogP contribution in [0.4, 0.5) is 5.69 Å². The number of anilines is 1. The molecule has 4 rings (SSSR count). The Morgan fingerprint density at radius 2 is 1.45 bits per heavy atom. The fourth-order valence-corrected chi connectivity index (χ4v) is 5.15. The van der Waals surface area contributed by atoms with E-state index in [-0.39, 0.29) is 4.90 Å². The van der Waals surface area contributed by atoms with E-state index in [4.69, 9.17) is 4.74 Å². The summed E-state index contributed by atoms with van der Waals surface area (Å²) < 4.78 is 33.9. The Balaban J connectivity index is 1.41. The van der Waals surface area contributed by atoms with Crippen LogP contribution in [0.1, 0.15) is 15.9 Å². The number of nitrogens with one attached hydrogen (secondary N) is 1. The molecule has 0 fully saturated rings. The molecule has 0 saturated heterocycles. The number of hydrazone groups is 1. The van der Waals surface area contributed by atoms with E-state index in [1.165, 1.54) is 18.3 Å². The highest BCUT2D eigenvalue weighted by Crippen LogP contribution is 2.24. The fraction of sp³-hybridized carbons (Fsp3) is 0.0357. The highest BCUT2D eigenvalue weighted by Gasteiger charge is 2.27. The second kappa shape index (κ2) is 12.5. The number of benzene rings is 4. The van der Waals surface area contributed by atoms with Crippen LogP contribution in [-0.4, -0.2) is 33.1 Å². The van der Waals surface area contributed by atoms with Gasteiger partial charge in [-0.1, -0.05) is 36.4 Å². The minimum Gasteiger partial charge on any atom is -0.423 e. The summed E-state index contributed by atoms with van der Waals surface area (Å²) in [7, 11) is -4.00. The highest BCUT2D eigenvalue weighted by atomic mass is 127. The molecule has 0 unspecified atom stereocenters. The van der Waals surface area contributed by atoms with Gasteiger partial charge in [-0.3, -0.25) is 9.10 Å². The van der Waals surface area contributed by atoms with Crippen molar-refractivity contribution in [3.05, 3.63) is 124 Å². The lowest BCUT2D eigenvalue weighted by atomic mass is 10.2. The molecule has 4 aromatic rings. The van der Waals surface area contributed by atoms with Gasteiger partial charge in [-0.25, -0.2) is 18.6 Å². The van der Waals surface area contributed by atoms with Crippen molar-refractivity contribution in [1.82, 2.24) is 5.43 Å². The number of hydrogen-bond donors (Lipinski definition) is 1. The molecule has 0 heterocycles. The Morgan fingerprint density at radius 1 is 0.842 bits per heavy atom. The maximum absolute atomic E-state index is 13.3. The van der Waals surface area contributed by atoms with Gasteiger partial charge in [0.2, 0.25) is 0 Å². The van der Waals surface area contributed by atoms with E-state index in [2.05, 4.69) is 33.1 Å². The van der Waals surface area contributed by atoms with E-state index in [0.29, 0.717) is 22.6 Å². The molecule has 0 saturated carbocycles. The van der Waals surface area contributed by atoms with Crippen molar-refractivity contribution in [3.63, 3.8) is 0 Å². The molecule has 0 radical (unpaired) electrons. The molecule has 10 heteroatoms. The number of ether oxygens (including phenoxy) is 1. The maximum atomic E-state index is 13.3. The fourth-order valence-electron chi connectivity index (χ4n) is 3.35. The van der Waals surface area contributed by atoms with Crippen LogP contribution < -0.4 is 14.5 Å². The van der Waals surface area contributed by atoms with Gasteiger partial charge in [0, 0.05) is 3.57 Å². The van der Waals surface area contributed by atoms with E-state index in [1.54, 1.807) is 91.0 Å². The Labute approximate surface area is 234 Å². The first-order chi connectivity index (χ1) is 18.3. The minimum atomic E-state index is -4.00. The third-order valence-electron chi connectivity index (χ3n) is 5.24. The zero-order chi connectivity index (χ0) is 27.0. The standard InChI is InChI=1S/C28H22IN3O5S/c29-23-13-15-24(16-14-23)32(38(35,36)26-9-5-2-6-10-26)20-27(33)31-30-19-21-11-17-25(18-12-21)37-28(34)22-7-3-1-4-8-22/h1-19H,20H2,(H,31,33)/b30-19-. The van der Waals surface area contributed by atoms with Crippen molar-refractivity contribution in [2.75, 3.05) is 10.8 Å². The van der Waals surface area contributed by atoms with Crippen LogP contribution in [0.2, 0.25) is 0 Å². The molecule has 0 aromatic heterocycles. The number of esters is 1. The van der Waals surface area contributed by atoms with E-state index in [9.17, 15) is 18.0 Å².